The van der Waals surface area contributed by atoms with E-state index in [9.17, 15) is 8.78 Å². The van der Waals surface area contributed by atoms with Crippen LogP contribution in [0.5, 0.6) is 0 Å². The van der Waals surface area contributed by atoms with Crippen molar-refractivity contribution in [2.24, 2.45) is 0 Å². The summed E-state index contributed by atoms with van der Waals surface area (Å²) in [5.41, 5.74) is 5.06. The molecule has 0 atom stereocenters. The van der Waals surface area contributed by atoms with Crippen LogP contribution in [0.1, 0.15) is 0 Å². The number of benzene rings is 1. The van der Waals surface area contributed by atoms with Gasteiger partial charge in [0.2, 0.25) is 0 Å². The number of rotatable bonds is 1. The van der Waals surface area contributed by atoms with Crippen molar-refractivity contribution < 1.29 is 8.78 Å². The minimum Gasteiger partial charge on any atom is -0.394 e. The van der Waals surface area contributed by atoms with E-state index in [-0.39, 0.29) is 5.56 Å². The minimum absolute atomic E-state index is 0.269. The lowest BCUT2D eigenvalue weighted by atomic mass is 10.1. The van der Waals surface area contributed by atoms with E-state index < -0.39 is 17.3 Å². The summed E-state index contributed by atoms with van der Waals surface area (Å²) in [7, 11) is 0. The summed E-state index contributed by atoms with van der Waals surface area (Å²) in [6, 6.07) is 4.10. The lowest BCUT2D eigenvalue weighted by molar-refractivity contribution is 0.594. The Kier molecular flexibility index (Phi) is 2.63. The lowest BCUT2D eigenvalue weighted by Gasteiger charge is -2.03. The van der Waals surface area contributed by atoms with Crippen LogP contribution in [-0.4, -0.2) is 0 Å². The van der Waals surface area contributed by atoms with Gasteiger partial charge in [-0.25, -0.2) is 8.78 Å². The number of halogens is 3. The predicted molar refractivity (Wildman–Crippen MR) is 59.1 cm³/mol. The molecule has 0 aliphatic heterocycles. The summed E-state index contributed by atoms with van der Waals surface area (Å²) in [6.07, 6.45) is 0. The first-order chi connectivity index (χ1) is 7.09. The molecule has 1 aromatic heterocycles. The van der Waals surface area contributed by atoms with Crippen LogP contribution in [0, 0.1) is 11.6 Å². The van der Waals surface area contributed by atoms with E-state index in [1.54, 1.807) is 11.4 Å². The van der Waals surface area contributed by atoms with Crippen molar-refractivity contribution in [2.75, 3.05) is 5.73 Å². The minimum atomic E-state index is -0.751. The van der Waals surface area contributed by atoms with Crippen LogP contribution < -0.4 is 5.73 Å². The summed E-state index contributed by atoms with van der Waals surface area (Å²) < 4.78 is 26.4. The molecule has 0 saturated carbocycles. The predicted octanol–water partition coefficient (Wildman–Crippen LogP) is 3.93. The fraction of sp³-hybridized carbons (Fsp3) is 0. The monoisotopic (exact) mass is 245 g/mol. The Morgan fingerprint density at radius 1 is 1.27 bits per heavy atom. The van der Waals surface area contributed by atoms with Crippen LogP contribution in [0.25, 0.3) is 10.4 Å². The highest BCUT2D eigenvalue weighted by Gasteiger charge is 2.13. The highest BCUT2D eigenvalue weighted by atomic mass is 35.5. The van der Waals surface area contributed by atoms with Gasteiger partial charge in [0.1, 0.15) is 11.5 Å². The summed E-state index contributed by atoms with van der Waals surface area (Å²) in [5.74, 6) is -1.49. The number of hydrogen-bond acceptors (Lipinski definition) is 2. The number of anilines is 1. The Labute approximate surface area is 94.1 Å². The summed E-state index contributed by atoms with van der Waals surface area (Å²) in [5, 5.41) is 2.20. The van der Waals surface area contributed by atoms with Crippen molar-refractivity contribution >= 4 is 28.6 Å². The van der Waals surface area contributed by atoms with Crippen LogP contribution in [0.2, 0.25) is 5.02 Å². The molecule has 78 valence electrons. The van der Waals surface area contributed by atoms with Gasteiger partial charge in [-0.2, -0.15) is 0 Å². The quantitative estimate of drug-likeness (QED) is 0.757. The van der Waals surface area contributed by atoms with Gasteiger partial charge in [0, 0.05) is 15.8 Å². The average molecular weight is 246 g/mol. The van der Waals surface area contributed by atoms with Crippen LogP contribution in [0.15, 0.2) is 23.6 Å². The first kappa shape index (κ1) is 10.4. The normalized spacial score (nSPS) is 10.6. The molecule has 0 radical (unpaired) electrons. The van der Waals surface area contributed by atoms with Gasteiger partial charge < -0.3 is 5.73 Å². The molecule has 0 bridgehead atoms. The maximum absolute atomic E-state index is 13.6. The first-order valence-corrected chi connectivity index (χ1v) is 5.33. The molecule has 2 rings (SSSR count). The van der Waals surface area contributed by atoms with Crippen LogP contribution >= 0.6 is 22.9 Å². The third-order valence-corrected chi connectivity index (χ3v) is 3.27. The Hall–Kier alpha value is -1.13. The van der Waals surface area contributed by atoms with E-state index in [0.29, 0.717) is 9.90 Å². The Balaban J connectivity index is 2.59. The molecule has 0 saturated heterocycles. The van der Waals surface area contributed by atoms with Gasteiger partial charge in [0.15, 0.2) is 5.82 Å². The zero-order chi connectivity index (χ0) is 11.0. The van der Waals surface area contributed by atoms with E-state index in [1.165, 1.54) is 17.4 Å². The Bertz CT molecular complexity index is 510. The van der Waals surface area contributed by atoms with Gasteiger partial charge in [-0.1, -0.05) is 11.6 Å². The van der Waals surface area contributed by atoms with Crippen molar-refractivity contribution in [3.63, 3.8) is 0 Å². The van der Waals surface area contributed by atoms with E-state index >= 15 is 0 Å². The second kappa shape index (κ2) is 3.79. The third-order valence-electron chi connectivity index (χ3n) is 1.96. The second-order valence-corrected chi connectivity index (χ2v) is 4.30. The SMILES string of the molecule is Nc1c(F)ccc(-c2cc(Cl)cs2)c1F. The fourth-order valence-electron chi connectivity index (χ4n) is 1.21. The number of hydrogen-bond donors (Lipinski definition) is 1. The molecule has 0 aliphatic rings. The van der Waals surface area contributed by atoms with E-state index in [4.69, 9.17) is 17.3 Å². The highest BCUT2D eigenvalue weighted by molar-refractivity contribution is 7.14. The maximum atomic E-state index is 13.6. The van der Waals surface area contributed by atoms with E-state index in [2.05, 4.69) is 0 Å². The standard InChI is InChI=1S/C10H6ClF2NS/c11-5-3-8(15-4-5)6-1-2-7(12)10(14)9(6)13/h1-4H,14H2. The van der Waals surface area contributed by atoms with Crippen molar-refractivity contribution in [1.29, 1.82) is 0 Å². The molecule has 0 aliphatic carbocycles. The third kappa shape index (κ3) is 1.82. The number of thiophene rings is 1. The van der Waals surface area contributed by atoms with Gasteiger partial charge in [-0.15, -0.1) is 11.3 Å². The van der Waals surface area contributed by atoms with Crippen molar-refractivity contribution in [3.05, 3.63) is 40.2 Å². The smallest absolute Gasteiger partial charge is 0.157 e. The number of nitrogens with two attached hydrogens (primary N) is 1. The van der Waals surface area contributed by atoms with Gasteiger partial charge in [0.25, 0.3) is 0 Å². The molecule has 1 nitrogen and oxygen atoms in total. The summed E-state index contributed by atoms with van der Waals surface area (Å²) >= 11 is 7.00. The maximum Gasteiger partial charge on any atom is 0.157 e. The number of nitrogen functional groups attached to an aromatic ring is 1. The van der Waals surface area contributed by atoms with E-state index in [1.807, 2.05) is 0 Å². The largest absolute Gasteiger partial charge is 0.394 e. The zero-order valence-electron chi connectivity index (χ0n) is 7.43. The molecule has 0 spiro atoms. The van der Waals surface area contributed by atoms with Crippen LogP contribution in [0.3, 0.4) is 0 Å². The molecule has 15 heavy (non-hydrogen) atoms. The summed E-state index contributed by atoms with van der Waals surface area (Å²) in [4.78, 5) is 0.629. The van der Waals surface area contributed by atoms with Crippen molar-refractivity contribution in [1.82, 2.24) is 0 Å². The molecule has 2 N–H and O–H groups in total. The topological polar surface area (TPSA) is 26.0 Å². The molecular formula is C10H6ClF2NS. The molecule has 1 aromatic carbocycles. The van der Waals surface area contributed by atoms with Crippen LogP contribution in [0.4, 0.5) is 14.5 Å². The lowest BCUT2D eigenvalue weighted by Crippen LogP contribution is -1.96. The molecule has 5 heteroatoms. The van der Waals surface area contributed by atoms with Crippen LogP contribution in [-0.2, 0) is 0 Å². The van der Waals surface area contributed by atoms with Crippen molar-refractivity contribution in [2.45, 2.75) is 0 Å². The van der Waals surface area contributed by atoms with Gasteiger partial charge >= 0.3 is 0 Å². The highest BCUT2D eigenvalue weighted by Crippen LogP contribution is 2.33. The van der Waals surface area contributed by atoms with Gasteiger partial charge in [0.05, 0.1) is 5.02 Å². The molecule has 0 fully saturated rings. The average Bonchev–Trinajstić information content (AvgIpc) is 2.61. The van der Waals surface area contributed by atoms with Gasteiger partial charge in [-0.05, 0) is 18.2 Å². The Morgan fingerprint density at radius 3 is 2.60 bits per heavy atom. The Morgan fingerprint density at radius 2 is 2.00 bits per heavy atom. The second-order valence-electron chi connectivity index (χ2n) is 2.95. The molecule has 1 heterocycles. The summed E-state index contributed by atoms with van der Waals surface area (Å²) in [6.45, 7) is 0. The van der Waals surface area contributed by atoms with Crippen molar-refractivity contribution in [3.8, 4) is 10.4 Å². The zero-order valence-corrected chi connectivity index (χ0v) is 9.00. The van der Waals surface area contributed by atoms with Gasteiger partial charge in [-0.3, -0.25) is 0 Å². The molecule has 0 amide bonds. The molecule has 0 unspecified atom stereocenters. The fourth-order valence-corrected chi connectivity index (χ4v) is 2.31. The first-order valence-electron chi connectivity index (χ1n) is 4.07. The molecule has 2 aromatic rings. The van der Waals surface area contributed by atoms with E-state index in [0.717, 1.165) is 6.07 Å². The molecular weight excluding hydrogens is 240 g/mol.